The topological polar surface area (TPSA) is 75.6 Å². The zero-order valence-corrected chi connectivity index (χ0v) is 14.1. The lowest BCUT2D eigenvalue weighted by Gasteiger charge is -2.10. The van der Waals surface area contributed by atoms with Gasteiger partial charge in [-0.05, 0) is 43.5 Å². The van der Waals surface area contributed by atoms with Gasteiger partial charge >= 0.3 is 5.97 Å². The van der Waals surface area contributed by atoms with Crippen LogP contribution in [0.15, 0.2) is 24.3 Å². The summed E-state index contributed by atoms with van der Waals surface area (Å²) >= 11 is 1.28. The van der Waals surface area contributed by atoms with Crippen LogP contribution < -0.4 is 10.1 Å². The van der Waals surface area contributed by atoms with Crippen molar-refractivity contribution in [2.24, 2.45) is 0 Å². The Balaban J connectivity index is 2.04. The van der Waals surface area contributed by atoms with Crippen molar-refractivity contribution in [1.82, 2.24) is 0 Å². The van der Waals surface area contributed by atoms with E-state index in [0.29, 0.717) is 10.8 Å². The summed E-state index contributed by atoms with van der Waals surface area (Å²) in [4.78, 5) is 24.2. The van der Waals surface area contributed by atoms with Gasteiger partial charge in [-0.25, -0.2) is 4.79 Å². The number of carboxylic acids is 1. The highest BCUT2D eigenvalue weighted by molar-refractivity contribution is 7.16. The number of benzene rings is 1. The first-order chi connectivity index (χ1) is 10.9. The van der Waals surface area contributed by atoms with E-state index in [9.17, 15) is 14.7 Å². The molecule has 2 N–H and O–H groups in total. The molecule has 2 rings (SSSR count). The third kappa shape index (κ3) is 4.32. The second kappa shape index (κ2) is 7.28. The molecular weight excluding hydrogens is 314 g/mol. The molecule has 0 saturated carbocycles. The fourth-order valence-corrected chi connectivity index (χ4v) is 3.04. The Kier molecular flexibility index (Phi) is 5.39. The van der Waals surface area contributed by atoms with Gasteiger partial charge in [-0.2, -0.15) is 0 Å². The second-order valence-corrected chi connectivity index (χ2v) is 6.36. The number of thiophene rings is 1. The number of carbonyl (C=O) groups is 2. The van der Waals surface area contributed by atoms with Gasteiger partial charge in [-0.3, -0.25) is 4.79 Å². The molecule has 0 spiro atoms. The highest BCUT2D eigenvalue weighted by Crippen LogP contribution is 2.28. The predicted molar refractivity (Wildman–Crippen MR) is 90.7 cm³/mol. The number of anilines is 1. The summed E-state index contributed by atoms with van der Waals surface area (Å²) in [5.74, 6) is -0.774. The molecule has 122 valence electrons. The Hall–Kier alpha value is -2.34. The number of nitrogens with one attached hydrogen (secondary N) is 1. The molecule has 0 unspecified atom stereocenters. The largest absolute Gasteiger partial charge is 0.483 e. The third-order valence-electron chi connectivity index (χ3n) is 3.32. The summed E-state index contributed by atoms with van der Waals surface area (Å²) < 4.78 is 5.53. The molecule has 0 aliphatic carbocycles. The first-order valence-corrected chi connectivity index (χ1v) is 8.08. The van der Waals surface area contributed by atoms with Crippen molar-refractivity contribution in [2.75, 3.05) is 11.9 Å². The highest BCUT2D eigenvalue weighted by atomic mass is 32.1. The van der Waals surface area contributed by atoms with Gasteiger partial charge in [-0.15, -0.1) is 11.3 Å². The van der Waals surface area contributed by atoms with Crippen LogP contribution in [0, 0.1) is 13.8 Å². The summed E-state index contributed by atoms with van der Waals surface area (Å²) in [6.45, 7) is 5.63. The number of aromatic carboxylic acids is 1. The van der Waals surface area contributed by atoms with Gasteiger partial charge in [0.15, 0.2) is 6.61 Å². The third-order valence-corrected chi connectivity index (χ3v) is 4.51. The Morgan fingerprint density at radius 3 is 2.65 bits per heavy atom. The number of amides is 1. The fraction of sp³-hybridized carbons (Fsp3) is 0.294. The number of carboxylic acid groups (broad SMARTS) is 1. The summed E-state index contributed by atoms with van der Waals surface area (Å²) in [6.07, 6.45) is 0.722. The van der Waals surface area contributed by atoms with Crippen LogP contribution in [0.25, 0.3) is 0 Å². The number of carbonyl (C=O) groups excluding carboxylic acids is 1. The molecule has 1 aromatic heterocycles. The standard InChI is InChI=1S/C17H19NO4S/c1-4-12-8-13(17(20)21)16(23-12)18-15(19)9-22-14-7-10(2)5-6-11(14)3/h5-8H,4,9H2,1-3H3,(H,18,19)(H,20,21). The van der Waals surface area contributed by atoms with Crippen LogP contribution in [-0.4, -0.2) is 23.6 Å². The van der Waals surface area contributed by atoms with Gasteiger partial charge in [0.25, 0.3) is 5.91 Å². The Morgan fingerprint density at radius 1 is 1.26 bits per heavy atom. The molecule has 0 atom stereocenters. The number of rotatable bonds is 6. The Morgan fingerprint density at radius 2 is 2.00 bits per heavy atom. The van der Waals surface area contributed by atoms with Gasteiger partial charge in [0.2, 0.25) is 0 Å². The molecule has 0 saturated heterocycles. The average Bonchev–Trinajstić information content (AvgIpc) is 2.91. The van der Waals surface area contributed by atoms with Gasteiger partial charge < -0.3 is 15.2 Å². The lowest BCUT2D eigenvalue weighted by atomic mass is 10.1. The van der Waals surface area contributed by atoms with Crippen molar-refractivity contribution in [2.45, 2.75) is 27.2 Å². The van der Waals surface area contributed by atoms with Crippen LogP contribution in [0.4, 0.5) is 5.00 Å². The second-order valence-electron chi connectivity index (χ2n) is 5.22. The smallest absolute Gasteiger partial charge is 0.338 e. The van der Waals surface area contributed by atoms with Crippen molar-refractivity contribution in [3.8, 4) is 5.75 Å². The van der Waals surface area contributed by atoms with Crippen LogP contribution in [0.5, 0.6) is 5.75 Å². The molecule has 6 heteroatoms. The van der Waals surface area contributed by atoms with Gasteiger partial charge in [-0.1, -0.05) is 19.1 Å². The minimum Gasteiger partial charge on any atom is -0.483 e. The first kappa shape index (κ1) is 17.0. The summed E-state index contributed by atoms with van der Waals surface area (Å²) in [5.41, 5.74) is 2.11. The number of ether oxygens (including phenoxy) is 1. The quantitative estimate of drug-likeness (QED) is 0.846. The SMILES string of the molecule is CCc1cc(C(=O)O)c(NC(=O)COc2cc(C)ccc2C)s1. The molecule has 0 fully saturated rings. The van der Waals surface area contributed by atoms with E-state index in [1.165, 1.54) is 11.3 Å². The van der Waals surface area contributed by atoms with E-state index in [0.717, 1.165) is 22.4 Å². The maximum atomic E-state index is 12.0. The van der Waals surface area contributed by atoms with Crippen LogP contribution >= 0.6 is 11.3 Å². The molecule has 2 aromatic rings. The highest BCUT2D eigenvalue weighted by Gasteiger charge is 2.17. The Bertz CT molecular complexity index is 736. The monoisotopic (exact) mass is 333 g/mol. The molecule has 23 heavy (non-hydrogen) atoms. The maximum absolute atomic E-state index is 12.0. The normalized spacial score (nSPS) is 10.4. The van der Waals surface area contributed by atoms with E-state index < -0.39 is 5.97 Å². The molecule has 1 aromatic carbocycles. The molecule has 1 heterocycles. The molecule has 0 radical (unpaired) electrons. The van der Waals surface area contributed by atoms with Gasteiger partial charge in [0.1, 0.15) is 10.8 Å². The summed E-state index contributed by atoms with van der Waals surface area (Å²) in [5, 5.41) is 12.2. The van der Waals surface area contributed by atoms with Crippen molar-refractivity contribution in [1.29, 1.82) is 0 Å². The maximum Gasteiger partial charge on any atom is 0.338 e. The molecule has 0 aliphatic heterocycles. The van der Waals surface area contributed by atoms with E-state index in [1.807, 2.05) is 39.0 Å². The van der Waals surface area contributed by atoms with Crippen molar-refractivity contribution in [3.63, 3.8) is 0 Å². The van der Waals surface area contributed by atoms with Crippen molar-refractivity contribution < 1.29 is 19.4 Å². The molecule has 0 aliphatic rings. The minimum atomic E-state index is -1.05. The first-order valence-electron chi connectivity index (χ1n) is 7.26. The lowest BCUT2D eigenvalue weighted by molar-refractivity contribution is -0.118. The van der Waals surface area contributed by atoms with E-state index >= 15 is 0 Å². The van der Waals surface area contributed by atoms with Crippen molar-refractivity contribution in [3.05, 3.63) is 45.8 Å². The number of hydrogen-bond acceptors (Lipinski definition) is 4. The van der Waals surface area contributed by atoms with E-state index in [1.54, 1.807) is 6.07 Å². The van der Waals surface area contributed by atoms with Crippen LogP contribution in [0.2, 0.25) is 0 Å². The fourth-order valence-electron chi connectivity index (χ4n) is 2.04. The number of aryl methyl sites for hydroxylation is 3. The minimum absolute atomic E-state index is 0.118. The summed E-state index contributed by atoms with van der Waals surface area (Å²) in [6, 6.07) is 7.36. The Labute approximate surface area is 138 Å². The zero-order valence-electron chi connectivity index (χ0n) is 13.3. The lowest BCUT2D eigenvalue weighted by Crippen LogP contribution is -2.21. The molecule has 1 amide bonds. The van der Waals surface area contributed by atoms with Gasteiger partial charge in [0, 0.05) is 4.88 Å². The number of hydrogen-bond donors (Lipinski definition) is 2. The molecule has 0 bridgehead atoms. The predicted octanol–water partition coefficient (Wildman–Crippen LogP) is 3.64. The van der Waals surface area contributed by atoms with E-state index in [-0.39, 0.29) is 18.1 Å². The van der Waals surface area contributed by atoms with E-state index in [2.05, 4.69) is 5.32 Å². The van der Waals surface area contributed by atoms with Gasteiger partial charge in [0.05, 0.1) is 5.56 Å². The molecular formula is C17H19NO4S. The summed E-state index contributed by atoms with van der Waals surface area (Å²) in [7, 11) is 0. The van der Waals surface area contributed by atoms with Crippen LogP contribution in [0.1, 0.15) is 33.3 Å². The zero-order chi connectivity index (χ0) is 17.0. The average molecular weight is 333 g/mol. The van der Waals surface area contributed by atoms with Crippen LogP contribution in [0.3, 0.4) is 0 Å². The van der Waals surface area contributed by atoms with Crippen LogP contribution in [-0.2, 0) is 11.2 Å². The van der Waals surface area contributed by atoms with E-state index in [4.69, 9.17) is 4.74 Å². The molecule has 5 nitrogen and oxygen atoms in total. The van der Waals surface area contributed by atoms with Crippen molar-refractivity contribution >= 4 is 28.2 Å².